The number of hydrogen-bond acceptors (Lipinski definition) is 0. The van der Waals surface area contributed by atoms with E-state index in [1.54, 1.807) is 5.92 Å². The summed E-state index contributed by atoms with van der Waals surface area (Å²) in [6.45, 7) is 9.11. The highest BCUT2D eigenvalue weighted by atomic mass is 14.1. The van der Waals surface area contributed by atoms with Gasteiger partial charge < -0.3 is 5.92 Å². The molecule has 0 nitrogen and oxygen atoms in total. The average molecular weight is 141 g/mol. The quantitative estimate of drug-likeness (QED) is 0.511. The molecule has 10 heavy (non-hydrogen) atoms. The van der Waals surface area contributed by atoms with Crippen LogP contribution in [0.4, 0.5) is 0 Å². The van der Waals surface area contributed by atoms with Crippen molar-refractivity contribution in [2.24, 2.45) is 5.92 Å². The Kier molecular flexibility index (Phi) is 5.76. The second-order valence-corrected chi connectivity index (χ2v) is 3.66. The molecular formula is C10H21-. The zero-order valence-corrected chi connectivity index (χ0v) is 7.91. The normalized spacial score (nSPS) is 11.4. The molecule has 0 aliphatic heterocycles. The van der Waals surface area contributed by atoms with Gasteiger partial charge in [0.15, 0.2) is 0 Å². The SMILES string of the molecule is CCCC[C-](C)CC(C)C. The molecule has 0 radical (unpaired) electrons. The fourth-order valence-corrected chi connectivity index (χ4v) is 1.28. The summed E-state index contributed by atoms with van der Waals surface area (Å²) >= 11 is 0. The van der Waals surface area contributed by atoms with Crippen molar-refractivity contribution in [3.63, 3.8) is 0 Å². The molecule has 0 aromatic carbocycles. The lowest BCUT2D eigenvalue weighted by Crippen LogP contribution is -1.97. The van der Waals surface area contributed by atoms with Crippen LogP contribution < -0.4 is 0 Å². The van der Waals surface area contributed by atoms with Crippen LogP contribution in [0.5, 0.6) is 0 Å². The highest BCUT2D eigenvalue weighted by Gasteiger charge is 1.91. The van der Waals surface area contributed by atoms with Crippen molar-refractivity contribution >= 4 is 0 Å². The fourth-order valence-electron chi connectivity index (χ4n) is 1.28. The number of unbranched alkanes of at least 4 members (excludes halogenated alkanes) is 1. The molecule has 0 saturated heterocycles. The lowest BCUT2D eigenvalue weighted by Gasteiger charge is -2.26. The first-order valence-corrected chi connectivity index (χ1v) is 4.48. The zero-order chi connectivity index (χ0) is 7.98. The summed E-state index contributed by atoms with van der Waals surface area (Å²) < 4.78 is 0. The van der Waals surface area contributed by atoms with Gasteiger partial charge in [0.1, 0.15) is 0 Å². The molecule has 0 aromatic heterocycles. The smallest absolute Gasteiger partial charge is 0.0586 e. The molecule has 0 amide bonds. The Morgan fingerprint density at radius 1 is 1.30 bits per heavy atom. The van der Waals surface area contributed by atoms with Crippen LogP contribution in [0, 0.1) is 11.8 Å². The van der Waals surface area contributed by atoms with Gasteiger partial charge in [-0.15, -0.1) is 0 Å². The van der Waals surface area contributed by atoms with Gasteiger partial charge in [-0.05, 0) is 0 Å². The molecule has 0 rings (SSSR count). The number of hydrogen-bond donors (Lipinski definition) is 0. The minimum atomic E-state index is 0.844. The van der Waals surface area contributed by atoms with Gasteiger partial charge in [-0.25, -0.2) is 0 Å². The summed E-state index contributed by atoms with van der Waals surface area (Å²) in [5, 5.41) is 0. The van der Waals surface area contributed by atoms with Crippen LogP contribution in [-0.2, 0) is 0 Å². The van der Waals surface area contributed by atoms with Gasteiger partial charge in [0.25, 0.3) is 0 Å². The third-order valence-corrected chi connectivity index (χ3v) is 1.71. The Morgan fingerprint density at radius 2 is 1.90 bits per heavy atom. The predicted molar refractivity (Wildman–Crippen MR) is 47.9 cm³/mol. The standard InChI is InChI=1S/C10H21/c1-5-6-7-10(4)8-9(2)3/h9H,5-8H2,1-4H3/q-1. The van der Waals surface area contributed by atoms with E-state index >= 15 is 0 Å². The molecule has 0 fully saturated rings. The van der Waals surface area contributed by atoms with Gasteiger partial charge in [-0.3, -0.25) is 0 Å². The summed E-state index contributed by atoms with van der Waals surface area (Å²) in [7, 11) is 0. The first-order valence-electron chi connectivity index (χ1n) is 4.48. The maximum Gasteiger partial charge on any atom is -0.0586 e. The maximum atomic E-state index is 2.29. The summed E-state index contributed by atoms with van der Waals surface area (Å²) in [5.74, 6) is 2.52. The Labute approximate surface area is 66.0 Å². The van der Waals surface area contributed by atoms with E-state index in [0.717, 1.165) is 5.92 Å². The van der Waals surface area contributed by atoms with Crippen LogP contribution in [0.25, 0.3) is 0 Å². The summed E-state index contributed by atoms with van der Waals surface area (Å²) in [6, 6.07) is 0. The Bertz CT molecular complexity index is 64.4. The largest absolute Gasteiger partial charge is 0.316 e. The Balaban J connectivity index is 3.16. The van der Waals surface area contributed by atoms with Gasteiger partial charge in [0.05, 0.1) is 0 Å². The zero-order valence-electron chi connectivity index (χ0n) is 7.91. The molecule has 0 heterocycles. The highest BCUT2D eigenvalue weighted by Crippen LogP contribution is 2.18. The van der Waals surface area contributed by atoms with E-state index < -0.39 is 0 Å². The van der Waals surface area contributed by atoms with E-state index in [4.69, 9.17) is 0 Å². The summed E-state index contributed by atoms with van der Waals surface area (Å²) in [5.41, 5.74) is 0. The van der Waals surface area contributed by atoms with Crippen molar-refractivity contribution in [2.45, 2.75) is 53.4 Å². The molecule has 0 unspecified atom stereocenters. The maximum absolute atomic E-state index is 2.29. The first kappa shape index (κ1) is 10.0. The van der Waals surface area contributed by atoms with Crippen molar-refractivity contribution in [2.75, 3.05) is 0 Å². The van der Waals surface area contributed by atoms with E-state index in [2.05, 4.69) is 27.7 Å². The van der Waals surface area contributed by atoms with Crippen LogP contribution in [0.1, 0.15) is 53.4 Å². The molecule has 0 aromatic rings. The van der Waals surface area contributed by atoms with Gasteiger partial charge >= 0.3 is 0 Å². The van der Waals surface area contributed by atoms with Gasteiger partial charge in [-0.2, -0.15) is 19.8 Å². The molecule has 0 N–H and O–H groups in total. The monoisotopic (exact) mass is 141 g/mol. The Morgan fingerprint density at radius 3 is 2.30 bits per heavy atom. The summed E-state index contributed by atoms with van der Waals surface area (Å²) in [4.78, 5) is 0. The molecule has 0 aliphatic rings. The van der Waals surface area contributed by atoms with E-state index in [1.165, 1.54) is 25.7 Å². The molecule has 0 heteroatoms. The van der Waals surface area contributed by atoms with Crippen molar-refractivity contribution in [3.05, 3.63) is 5.92 Å². The van der Waals surface area contributed by atoms with E-state index in [9.17, 15) is 0 Å². The van der Waals surface area contributed by atoms with Gasteiger partial charge in [0, 0.05) is 0 Å². The molecule has 0 bridgehead atoms. The molecule has 0 aliphatic carbocycles. The molecule has 0 spiro atoms. The van der Waals surface area contributed by atoms with Crippen LogP contribution in [-0.4, -0.2) is 0 Å². The van der Waals surface area contributed by atoms with E-state index in [1.807, 2.05) is 0 Å². The third kappa shape index (κ3) is 6.12. The van der Waals surface area contributed by atoms with E-state index in [-0.39, 0.29) is 0 Å². The molecular weight excluding hydrogens is 120 g/mol. The van der Waals surface area contributed by atoms with Crippen LogP contribution in [0.15, 0.2) is 0 Å². The molecule has 0 atom stereocenters. The second kappa shape index (κ2) is 5.76. The topological polar surface area (TPSA) is 0 Å². The lowest BCUT2D eigenvalue weighted by molar-refractivity contribution is 0.558. The third-order valence-electron chi connectivity index (χ3n) is 1.71. The summed E-state index contributed by atoms with van der Waals surface area (Å²) in [6.07, 6.45) is 5.36. The van der Waals surface area contributed by atoms with Gasteiger partial charge in [0.2, 0.25) is 0 Å². The van der Waals surface area contributed by atoms with Crippen LogP contribution in [0.3, 0.4) is 0 Å². The van der Waals surface area contributed by atoms with Crippen LogP contribution in [0.2, 0.25) is 0 Å². The lowest BCUT2D eigenvalue weighted by atomic mass is 9.94. The Hall–Kier alpha value is 0. The highest BCUT2D eigenvalue weighted by molar-refractivity contribution is 4.84. The predicted octanol–water partition coefficient (Wildman–Crippen LogP) is 3.82. The minimum Gasteiger partial charge on any atom is -0.316 e. The van der Waals surface area contributed by atoms with Gasteiger partial charge in [-0.1, -0.05) is 39.5 Å². The van der Waals surface area contributed by atoms with Crippen LogP contribution >= 0.6 is 0 Å². The number of rotatable bonds is 5. The molecule has 62 valence electrons. The van der Waals surface area contributed by atoms with Crippen molar-refractivity contribution in [3.8, 4) is 0 Å². The molecule has 0 saturated carbocycles. The first-order chi connectivity index (χ1) is 4.66. The van der Waals surface area contributed by atoms with Crippen molar-refractivity contribution in [1.82, 2.24) is 0 Å². The van der Waals surface area contributed by atoms with Crippen molar-refractivity contribution in [1.29, 1.82) is 0 Å². The average Bonchev–Trinajstić information content (AvgIpc) is 1.82. The second-order valence-electron chi connectivity index (χ2n) is 3.66. The fraction of sp³-hybridized carbons (Fsp3) is 0.900. The minimum absolute atomic E-state index is 0.844. The van der Waals surface area contributed by atoms with E-state index in [0.29, 0.717) is 0 Å². The van der Waals surface area contributed by atoms with Crippen molar-refractivity contribution < 1.29 is 0 Å².